The van der Waals surface area contributed by atoms with Crippen LogP contribution in [0.4, 0.5) is 11.6 Å². The van der Waals surface area contributed by atoms with Gasteiger partial charge >= 0.3 is 0 Å². The number of halogens is 1. The van der Waals surface area contributed by atoms with Gasteiger partial charge in [0.05, 0.1) is 0 Å². The fourth-order valence-electron chi connectivity index (χ4n) is 2.66. The molecule has 0 unspecified atom stereocenters. The van der Waals surface area contributed by atoms with Crippen LogP contribution in [0.3, 0.4) is 0 Å². The normalized spacial score (nSPS) is 10.5. The molecule has 3 rings (SSSR count). The fourth-order valence-corrected chi connectivity index (χ4v) is 2.83. The number of hydrogen-bond donors (Lipinski definition) is 2. The number of aromatic nitrogens is 2. The number of benzene rings is 2. The zero-order chi connectivity index (χ0) is 19.2. The highest BCUT2D eigenvalue weighted by Crippen LogP contribution is 2.23. The molecule has 1 heterocycles. The molecular formula is C21H21ClN4O. The van der Waals surface area contributed by atoms with Gasteiger partial charge in [-0.3, -0.25) is 4.79 Å². The Labute approximate surface area is 163 Å². The standard InChI is InChI=1S/C21H21ClN4O/c1-14-13-19(20(27)25-18-10-6-9-17(22)15(18)2)26-21(24-14)23-12-11-16-7-4-3-5-8-16/h3-10,13H,11-12H2,1-2H3,(H,25,27)(H,23,24,26). The Hall–Kier alpha value is -2.92. The van der Waals surface area contributed by atoms with Crippen LogP contribution < -0.4 is 10.6 Å². The van der Waals surface area contributed by atoms with E-state index in [4.69, 9.17) is 11.6 Å². The number of anilines is 2. The summed E-state index contributed by atoms with van der Waals surface area (Å²) in [6, 6.07) is 17.2. The van der Waals surface area contributed by atoms with Crippen molar-refractivity contribution in [1.82, 2.24) is 9.97 Å². The smallest absolute Gasteiger partial charge is 0.274 e. The van der Waals surface area contributed by atoms with Gasteiger partial charge in [0.25, 0.3) is 5.91 Å². The van der Waals surface area contributed by atoms with E-state index in [0.717, 1.165) is 17.7 Å². The number of hydrogen-bond acceptors (Lipinski definition) is 4. The maximum atomic E-state index is 12.6. The second-order valence-electron chi connectivity index (χ2n) is 6.25. The number of carbonyl (C=O) groups excluding carboxylic acids is 1. The van der Waals surface area contributed by atoms with Crippen LogP contribution in [0, 0.1) is 13.8 Å². The topological polar surface area (TPSA) is 66.9 Å². The van der Waals surface area contributed by atoms with E-state index in [1.54, 1.807) is 18.2 Å². The Balaban J connectivity index is 1.68. The van der Waals surface area contributed by atoms with Crippen molar-refractivity contribution in [3.63, 3.8) is 0 Å². The quantitative estimate of drug-likeness (QED) is 0.653. The van der Waals surface area contributed by atoms with E-state index in [1.165, 1.54) is 5.56 Å². The highest BCUT2D eigenvalue weighted by atomic mass is 35.5. The maximum absolute atomic E-state index is 12.6. The second-order valence-corrected chi connectivity index (χ2v) is 6.65. The monoisotopic (exact) mass is 380 g/mol. The summed E-state index contributed by atoms with van der Waals surface area (Å²) in [6.07, 6.45) is 0.849. The Morgan fingerprint density at radius 1 is 1.04 bits per heavy atom. The largest absolute Gasteiger partial charge is 0.354 e. The molecule has 6 heteroatoms. The van der Waals surface area contributed by atoms with E-state index in [0.29, 0.717) is 28.9 Å². The molecule has 0 bridgehead atoms. The first kappa shape index (κ1) is 18.9. The highest BCUT2D eigenvalue weighted by Gasteiger charge is 2.13. The number of nitrogens with one attached hydrogen (secondary N) is 2. The van der Waals surface area contributed by atoms with Crippen LogP contribution >= 0.6 is 11.6 Å². The van der Waals surface area contributed by atoms with Crippen molar-refractivity contribution in [2.45, 2.75) is 20.3 Å². The first-order valence-electron chi connectivity index (χ1n) is 8.73. The minimum atomic E-state index is -0.294. The molecule has 0 atom stereocenters. The molecule has 0 radical (unpaired) electrons. The van der Waals surface area contributed by atoms with Gasteiger partial charge in [0.2, 0.25) is 5.95 Å². The Bertz CT molecular complexity index is 944. The molecule has 3 aromatic rings. The summed E-state index contributed by atoms with van der Waals surface area (Å²) in [4.78, 5) is 21.3. The minimum absolute atomic E-state index is 0.294. The van der Waals surface area contributed by atoms with Crippen molar-refractivity contribution < 1.29 is 4.79 Å². The lowest BCUT2D eigenvalue weighted by atomic mass is 10.1. The molecule has 0 aliphatic heterocycles. The van der Waals surface area contributed by atoms with Crippen molar-refractivity contribution in [3.8, 4) is 0 Å². The van der Waals surface area contributed by atoms with Gasteiger partial charge in [-0.25, -0.2) is 9.97 Å². The zero-order valence-corrected chi connectivity index (χ0v) is 16.0. The van der Waals surface area contributed by atoms with Crippen molar-refractivity contribution in [3.05, 3.63) is 82.1 Å². The van der Waals surface area contributed by atoms with Crippen molar-refractivity contribution in [2.24, 2.45) is 0 Å². The summed E-state index contributed by atoms with van der Waals surface area (Å²) in [6.45, 7) is 4.38. The van der Waals surface area contributed by atoms with E-state index < -0.39 is 0 Å². The lowest BCUT2D eigenvalue weighted by Crippen LogP contribution is -2.17. The molecule has 0 saturated heterocycles. The van der Waals surface area contributed by atoms with Gasteiger partial charge in [0.1, 0.15) is 5.69 Å². The molecule has 2 N–H and O–H groups in total. The third kappa shape index (κ3) is 5.05. The molecule has 1 amide bonds. The molecule has 0 aliphatic rings. The fraction of sp³-hybridized carbons (Fsp3) is 0.190. The first-order valence-corrected chi connectivity index (χ1v) is 9.10. The van der Waals surface area contributed by atoms with E-state index in [1.807, 2.05) is 38.1 Å². The van der Waals surface area contributed by atoms with E-state index >= 15 is 0 Å². The van der Waals surface area contributed by atoms with E-state index in [-0.39, 0.29) is 5.91 Å². The van der Waals surface area contributed by atoms with Crippen LogP contribution in [0.15, 0.2) is 54.6 Å². The van der Waals surface area contributed by atoms with E-state index in [2.05, 4.69) is 32.7 Å². The van der Waals surface area contributed by atoms with Crippen LogP contribution in [0.1, 0.15) is 27.3 Å². The molecule has 1 aromatic heterocycles. The van der Waals surface area contributed by atoms with Gasteiger partial charge in [0.15, 0.2) is 0 Å². The highest BCUT2D eigenvalue weighted by molar-refractivity contribution is 6.31. The number of rotatable bonds is 6. The molecule has 138 valence electrons. The third-order valence-electron chi connectivity index (χ3n) is 4.14. The van der Waals surface area contributed by atoms with Gasteiger partial charge < -0.3 is 10.6 Å². The van der Waals surface area contributed by atoms with Crippen LogP contribution in [0.25, 0.3) is 0 Å². The van der Waals surface area contributed by atoms with Crippen LogP contribution in [-0.4, -0.2) is 22.4 Å². The van der Waals surface area contributed by atoms with Gasteiger partial charge in [0, 0.05) is 22.9 Å². The molecule has 27 heavy (non-hydrogen) atoms. The number of nitrogens with zero attached hydrogens (tertiary/aromatic N) is 2. The number of aryl methyl sites for hydroxylation is 1. The Kier molecular flexibility index (Phi) is 6.04. The lowest BCUT2D eigenvalue weighted by Gasteiger charge is -2.11. The molecule has 0 aliphatic carbocycles. The SMILES string of the molecule is Cc1cc(C(=O)Nc2cccc(Cl)c2C)nc(NCCc2ccccc2)n1. The van der Waals surface area contributed by atoms with Crippen LogP contribution in [0.2, 0.25) is 5.02 Å². The zero-order valence-electron chi connectivity index (χ0n) is 15.3. The summed E-state index contributed by atoms with van der Waals surface area (Å²) in [5.74, 6) is 0.149. The Morgan fingerprint density at radius 3 is 2.59 bits per heavy atom. The molecule has 0 saturated carbocycles. The number of carbonyl (C=O) groups is 1. The van der Waals surface area contributed by atoms with Crippen molar-refractivity contribution in [2.75, 3.05) is 17.2 Å². The first-order chi connectivity index (χ1) is 13.0. The molecule has 0 fully saturated rings. The molecular weight excluding hydrogens is 360 g/mol. The number of amides is 1. The molecule has 5 nitrogen and oxygen atoms in total. The second kappa shape index (κ2) is 8.64. The average molecular weight is 381 g/mol. The van der Waals surface area contributed by atoms with Gasteiger partial charge in [-0.1, -0.05) is 48.0 Å². The summed E-state index contributed by atoms with van der Waals surface area (Å²) in [5, 5.41) is 6.66. The van der Waals surface area contributed by atoms with Gasteiger partial charge in [-0.2, -0.15) is 0 Å². The summed E-state index contributed by atoms with van der Waals surface area (Å²) >= 11 is 6.11. The average Bonchev–Trinajstić information content (AvgIpc) is 2.66. The Morgan fingerprint density at radius 2 is 1.81 bits per heavy atom. The van der Waals surface area contributed by atoms with Crippen molar-refractivity contribution in [1.29, 1.82) is 0 Å². The van der Waals surface area contributed by atoms with E-state index in [9.17, 15) is 4.79 Å². The summed E-state index contributed by atoms with van der Waals surface area (Å²) in [5.41, 5.74) is 3.75. The minimum Gasteiger partial charge on any atom is -0.354 e. The van der Waals surface area contributed by atoms with Gasteiger partial charge in [-0.15, -0.1) is 0 Å². The van der Waals surface area contributed by atoms with Gasteiger partial charge in [-0.05, 0) is 49.6 Å². The summed E-state index contributed by atoms with van der Waals surface area (Å²) < 4.78 is 0. The molecule has 2 aromatic carbocycles. The third-order valence-corrected chi connectivity index (χ3v) is 4.55. The maximum Gasteiger partial charge on any atom is 0.274 e. The summed E-state index contributed by atoms with van der Waals surface area (Å²) in [7, 11) is 0. The van der Waals surface area contributed by atoms with Crippen LogP contribution in [-0.2, 0) is 6.42 Å². The van der Waals surface area contributed by atoms with Crippen molar-refractivity contribution >= 4 is 29.1 Å². The lowest BCUT2D eigenvalue weighted by molar-refractivity contribution is 0.102. The molecule has 0 spiro atoms. The predicted molar refractivity (Wildman–Crippen MR) is 110 cm³/mol. The van der Waals surface area contributed by atoms with Crippen LogP contribution in [0.5, 0.6) is 0 Å². The predicted octanol–water partition coefficient (Wildman–Crippen LogP) is 4.65.